The monoisotopic (exact) mass is 394 g/mol. The molecule has 0 atom stereocenters. The van der Waals surface area contributed by atoms with Crippen LogP contribution in [0.3, 0.4) is 0 Å². The smallest absolute Gasteiger partial charge is 0.185 e. The zero-order chi connectivity index (χ0) is 20.9. The number of carbonyl (C=O) groups excluding carboxylic acids is 1. The highest BCUT2D eigenvalue weighted by Gasteiger charge is 2.08. The SMILES string of the molecule is COc1ccc(C(=O)/C=C/c2cc3ccccc3cc2-c2ccc(OC)cc2)cc1. The van der Waals surface area contributed by atoms with Gasteiger partial charge in [-0.3, -0.25) is 4.79 Å². The van der Waals surface area contributed by atoms with Gasteiger partial charge in [-0.1, -0.05) is 42.5 Å². The van der Waals surface area contributed by atoms with Gasteiger partial charge in [-0.05, 0) is 82.1 Å². The van der Waals surface area contributed by atoms with Crippen LogP contribution in [0, 0.1) is 0 Å². The molecule has 0 fully saturated rings. The molecule has 148 valence electrons. The van der Waals surface area contributed by atoms with Crippen molar-refractivity contribution in [1.82, 2.24) is 0 Å². The largest absolute Gasteiger partial charge is 0.497 e. The zero-order valence-electron chi connectivity index (χ0n) is 17.0. The van der Waals surface area contributed by atoms with Crippen molar-refractivity contribution in [2.24, 2.45) is 0 Å². The van der Waals surface area contributed by atoms with E-state index in [-0.39, 0.29) is 5.78 Å². The first kappa shape index (κ1) is 19.5. The second-order valence-corrected chi connectivity index (χ2v) is 6.94. The molecule has 0 radical (unpaired) electrons. The highest BCUT2D eigenvalue weighted by Crippen LogP contribution is 2.31. The molecule has 0 unspecified atom stereocenters. The van der Waals surface area contributed by atoms with Crippen molar-refractivity contribution >= 4 is 22.6 Å². The van der Waals surface area contributed by atoms with Crippen molar-refractivity contribution < 1.29 is 14.3 Å². The molecule has 4 aromatic carbocycles. The molecule has 0 aromatic heterocycles. The number of hydrogen-bond acceptors (Lipinski definition) is 3. The van der Waals surface area contributed by atoms with Crippen molar-refractivity contribution in [2.75, 3.05) is 14.2 Å². The summed E-state index contributed by atoms with van der Waals surface area (Å²) >= 11 is 0. The first-order valence-corrected chi connectivity index (χ1v) is 9.71. The third-order valence-corrected chi connectivity index (χ3v) is 5.11. The molecule has 0 aliphatic heterocycles. The summed E-state index contributed by atoms with van der Waals surface area (Å²) in [4.78, 5) is 12.7. The van der Waals surface area contributed by atoms with Crippen LogP contribution in [0.25, 0.3) is 28.0 Å². The van der Waals surface area contributed by atoms with Crippen molar-refractivity contribution in [3.8, 4) is 22.6 Å². The molecule has 4 rings (SSSR count). The van der Waals surface area contributed by atoms with Gasteiger partial charge in [0, 0.05) is 5.56 Å². The van der Waals surface area contributed by atoms with E-state index in [0.29, 0.717) is 5.56 Å². The number of ketones is 1. The number of ether oxygens (including phenoxy) is 2. The molecule has 0 aliphatic rings. The van der Waals surface area contributed by atoms with Crippen molar-refractivity contribution in [3.05, 3.63) is 102 Å². The van der Waals surface area contributed by atoms with Gasteiger partial charge in [-0.2, -0.15) is 0 Å². The number of carbonyl (C=O) groups is 1. The molecule has 4 aromatic rings. The molecule has 0 saturated heterocycles. The Balaban J connectivity index is 1.73. The molecule has 0 N–H and O–H groups in total. The predicted molar refractivity (Wildman–Crippen MR) is 122 cm³/mol. The van der Waals surface area contributed by atoms with Gasteiger partial charge in [0.2, 0.25) is 0 Å². The Hall–Kier alpha value is -3.85. The lowest BCUT2D eigenvalue weighted by Gasteiger charge is -2.10. The summed E-state index contributed by atoms with van der Waals surface area (Å²) in [5.41, 5.74) is 3.74. The Morgan fingerprint density at radius 2 is 1.30 bits per heavy atom. The van der Waals surface area contributed by atoms with Crippen LogP contribution >= 0.6 is 0 Å². The zero-order valence-corrected chi connectivity index (χ0v) is 17.0. The van der Waals surface area contributed by atoms with Crippen molar-refractivity contribution in [2.45, 2.75) is 0 Å². The second kappa shape index (κ2) is 8.66. The van der Waals surface area contributed by atoms with Crippen LogP contribution in [0.4, 0.5) is 0 Å². The lowest BCUT2D eigenvalue weighted by molar-refractivity contribution is 0.104. The summed E-state index contributed by atoms with van der Waals surface area (Å²) in [5, 5.41) is 2.29. The lowest BCUT2D eigenvalue weighted by atomic mass is 9.95. The highest BCUT2D eigenvalue weighted by atomic mass is 16.5. The summed E-state index contributed by atoms with van der Waals surface area (Å²) in [6.45, 7) is 0. The molecule has 0 bridgehead atoms. The summed E-state index contributed by atoms with van der Waals surface area (Å²) < 4.78 is 10.4. The molecule has 0 spiro atoms. The Morgan fingerprint density at radius 1 is 0.733 bits per heavy atom. The summed E-state index contributed by atoms with van der Waals surface area (Å²) in [6.07, 6.45) is 3.51. The van der Waals surface area contributed by atoms with E-state index in [9.17, 15) is 4.79 Å². The van der Waals surface area contributed by atoms with E-state index in [1.54, 1.807) is 44.6 Å². The van der Waals surface area contributed by atoms with E-state index >= 15 is 0 Å². The number of methoxy groups -OCH3 is 2. The predicted octanol–water partition coefficient (Wildman–Crippen LogP) is 6.42. The first-order valence-electron chi connectivity index (χ1n) is 9.71. The topological polar surface area (TPSA) is 35.5 Å². The van der Waals surface area contributed by atoms with Gasteiger partial charge in [0.05, 0.1) is 14.2 Å². The van der Waals surface area contributed by atoms with Crippen LogP contribution in [0.1, 0.15) is 15.9 Å². The van der Waals surface area contributed by atoms with Gasteiger partial charge in [-0.25, -0.2) is 0 Å². The standard InChI is InChI=1S/C27H22O3/c1-29-24-12-7-19(8-13-24)26-18-22-6-4-3-5-21(22)17-23(26)11-16-27(28)20-9-14-25(30-2)15-10-20/h3-18H,1-2H3/b16-11+. The summed E-state index contributed by atoms with van der Waals surface area (Å²) in [7, 11) is 3.27. The number of rotatable bonds is 6. The normalized spacial score (nSPS) is 11.0. The third-order valence-electron chi connectivity index (χ3n) is 5.11. The van der Waals surface area contributed by atoms with E-state index in [1.807, 2.05) is 42.5 Å². The number of hydrogen-bond donors (Lipinski definition) is 0. The quantitative estimate of drug-likeness (QED) is 0.280. The van der Waals surface area contributed by atoms with E-state index in [4.69, 9.17) is 9.47 Å². The molecule has 0 saturated carbocycles. The third kappa shape index (κ3) is 4.11. The van der Waals surface area contributed by atoms with Crippen molar-refractivity contribution in [1.29, 1.82) is 0 Å². The summed E-state index contributed by atoms with van der Waals surface area (Å²) in [5.74, 6) is 1.49. The van der Waals surface area contributed by atoms with Crippen LogP contribution in [0.5, 0.6) is 11.5 Å². The minimum Gasteiger partial charge on any atom is -0.497 e. The fourth-order valence-corrected chi connectivity index (χ4v) is 3.43. The van der Waals surface area contributed by atoms with Crippen LogP contribution in [-0.4, -0.2) is 20.0 Å². The van der Waals surface area contributed by atoms with Crippen LogP contribution in [0.2, 0.25) is 0 Å². The molecule has 0 aliphatic carbocycles. The molecular weight excluding hydrogens is 372 g/mol. The lowest BCUT2D eigenvalue weighted by Crippen LogP contribution is -1.94. The van der Waals surface area contributed by atoms with Gasteiger partial charge < -0.3 is 9.47 Å². The fourth-order valence-electron chi connectivity index (χ4n) is 3.43. The maximum atomic E-state index is 12.7. The molecule has 3 heteroatoms. The van der Waals surface area contributed by atoms with Gasteiger partial charge in [0.1, 0.15) is 11.5 Å². The second-order valence-electron chi connectivity index (χ2n) is 6.94. The van der Waals surface area contributed by atoms with E-state index < -0.39 is 0 Å². The van der Waals surface area contributed by atoms with Crippen molar-refractivity contribution in [3.63, 3.8) is 0 Å². The maximum absolute atomic E-state index is 12.7. The minimum atomic E-state index is -0.0495. The Kier molecular flexibility index (Phi) is 5.62. The van der Waals surface area contributed by atoms with Gasteiger partial charge in [0.15, 0.2) is 5.78 Å². The van der Waals surface area contributed by atoms with E-state index in [1.165, 1.54) is 0 Å². The molecule has 0 amide bonds. The van der Waals surface area contributed by atoms with Gasteiger partial charge >= 0.3 is 0 Å². The molecular formula is C27H22O3. The number of allylic oxidation sites excluding steroid dienone is 1. The Bertz CT molecular complexity index is 1200. The number of benzene rings is 4. The Labute approximate surface area is 176 Å². The van der Waals surface area contributed by atoms with Crippen LogP contribution in [0.15, 0.2) is 91.0 Å². The number of fused-ring (bicyclic) bond motifs is 1. The molecule has 30 heavy (non-hydrogen) atoms. The Morgan fingerprint density at radius 3 is 1.90 bits per heavy atom. The maximum Gasteiger partial charge on any atom is 0.185 e. The minimum absolute atomic E-state index is 0.0495. The first-order chi connectivity index (χ1) is 14.7. The van der Waals surface area contributed by atoms with E-state index in [0.717, 1.165) is 39.0 Å². The highest BCUT2D eigenvalue weighted by molar-refractivity contribution is 6.07. The van der Waals surface area contributed by atoms with Crippen LogP contribution in [-0.2, 0) is 0 Å². The van der Waals surface area contributed by atoms with Crippen LogP contribution < -0.4 is 9.47 Å². The summed E-state index contributed by atoms with van der Waals surface area (Å²) in [6, 6.07) is 27.6. The average Bonchev–Trinajstić information content (AvgIpc) is 2.82. The molecule has 0 heterocycles. The van der Waals surface area contributed by atoms with Gasteiger partial charge in [0.25, 0.3) is 0 Å². The van der Waals surface area contributed by atoms with E-state index in [2.05, 4.69) is 24.3 Å². The fraction of sp³-hybridized carbons (Fsp3) is 0.0741. The average molecular weight is 394 g/mol. The van der Waals surface area contributed by atoms with Gasteiger partial charge in [-0.15, -0.1) is 0 Å². The molecule has 3 nitrogen and oxygen atoms in total.